The number of methoxy groups -OCH3 is 2. The van der Waals surface area contributed by atoms with Crippen LogP contribution in [-0.4, -0.2) is 37.0 Å². The largest absolute Gasteiger partial charge is 0.493 e. The van der Waals surface area contributed by atoms with Crippen LogP contribution >= 0.6 is 0 Å². The van der Waals surface area contributed by atoms with Gasteiger partial charge in [-0.2, -0.15) is 0 Å². The molecule has 0 amide bonds. The third kappa shape index (κ3) is 3.88. The number of para-hydroxylation sites is 1. The van der Waals surface area contributed by atoms with Crippen LogP contribution in [0, 0.1) is 0 Å². The van der Waals surface area contributed by atoms with Crippen molar-refractivity contribution in [3.8, 4) is 0 Å². The molecule has 1 aromatic rings. The number of nitrogens with zero attached hydrogens (tertiary/aromatic N) is 2. The summed E-state index contributed by atoms with van der Waals surface area (Å²) in [5.41, 5.74) is 1.78. The van der Waals surface area contributed by atoms with Crippen molar-refractivity contribution in [2.24, 2.45) is 9.98 Å². The predicted molar refractivity (Wildman–Crippen MR) is 103 cm³/mol. The molecule has 0 heterocycles. The Kier molecular flexibility index (Phi) is 4.98. The number of benzene rings is 1. The molecule has 132 valence electrons. The number of hydrogen-bond acceptors (Lipinski definition) is 5. The Morgan fingerprint density at radius 3 is 1.92 bits per heavy atom. The van der Waals surface area contributed by atoms with E-state index >= 15 is 0 Å². The van der Waals surface area contributed by atoms with Crippen LogP contribution in [0.15, 0.2) is 88.3 Å². The second-order valence-corrected chi connectivity index (χ2v) is 6.06. The lowest BCUT2D eigenvalue weighted by Gasteiger charge is -2.25. The van der Waals surface area contributed by atoms with Gasteiger partial charge >= 0.3 is 0 Å². The monoisotopic (exact) mass is 348 g/mol. The van der Waals surface area contributed by atoms with Crippen LogP contribution in [0.5, 0.6) is 0 Å². The number of carbonyl (C=O) groups excluding carboxylic acids is 1. The fourth-order valence-corrected chi connectivity index (χ4v) is 2.72. The molecule has 0 aromatic heterocycles. The van der Waals surface area contributed by atoms with Crippen molar-refractivity contribution < 1.29 is 14.3 Å². The minimum absolute atomic E-state index is 0.228. The smallest absolute Gasteiger partial charge is 0.261 e. The molecule has 0 saturated heterocycles. The van der Waals surface area contributed by atoms with E-state index in [1.807, 2.05) is 61.6 Å². The topological polar surface area (TPSA) is 60.3 Å². The molecule has 2 aliphatic rings. The Labute approximate surface area is 152 Å². The van der Waals surface area contributed by atoms with Crippen molar-refractivity contribution in [2.45, 2.75) is 12.5 Å². The van der Waals surface area contributed by atoms with Crippen molar-refractivity contribution >= 4 is 22.9 Å². The molecular formula is C21H20N2O3. The van der Waals surface area contributed by atoms with Gasteiger partial charge in [-0.15, -0.1) is 0 Å². The molecule has 26 heavy (non-hydrogen) atoms. The van der Waals surface area contributed by atoms with Gasteiger partial charge in [-0.3, -0.25) is 9.79 Å². The van der Waals surface area contributed by atoms with E-state index in [0.29, 0.717) is 0 Å². The molecule has 0 bridgehead atoms. The molecule has 1 aromatic carbocycles. The maximum absolute atomic E-state index is 12.1. The fraction of sp³-hybridized carbons (Fsp3) is 0.190. The highest BCUT2D eigenvalue weighted by Crippen LogP contribution is 2.27. The average Bonchev–Trinajstić information content (AvgIpc) is 2.66. The molecule has 5 heteroatoms. The Hall–Kier alpha value is -3.21. The van der Waals surface area contributed by atoms with Gasteiger partial charge in [-0.05, 0) is 55.5 Å². The van der Waals surface area contributed by atoms with Gasteiger partial charge in [0.25, 0.3) is 5.78 Å². The Bertz CT molecular complexity index is 845. The van der Waals surface area contributed by atoms with E-state index in [-0.39, 0.29) is 17.3 Å². The SMILES string of the molecule is COC1=CC(C)(N=C2C=CC(=Nc3ccccc3)C=C2)C=C(OC)C1=O. The number of ether oxygens (including phenoxy) is 2. The molecule has 5 nitrogen and oxygen atoms in total. The van der Waals surface area contributed by atoms with Gasteiger partial charge in [0.1, 0.15) is 5.54 Å². The summed E-state index contributed by atoms with van der Waals surface area (Å²) in [6.45, 7) is 1.89. The summed E-state index contributed by atoms with van der Waals surface area (Å²) in [7, 11) is 2.92. The highest BCUT2D eigenvalue weighted by atomic mass is 16.5. The maximum Gasteiger partial charge on any atom is 0.261 e. The van der Waals surface area contributed by atoms with Crippen LogP contribution in [0.1, 0.15) is 6.92 Å². The lowest BCUT2D eigenvalue weighted by Crippen LogP contribution is -2.28. The van der Waals surface area contributed by atoms with Gasteiger partial charge in [-0.25, -0.2) is 4.99 Å². The third-order valence-electron chi connectivity index (χ3n) is 3.97. The van der Waals surface area contributed by atoms with E-state index in [1.165, 1.54) is 14.2 Å². The maximum atomic E-state index is 12.1. The molecule has 2 aliphatic carbocycles. The Balaban J connectivity index is 1.85. The number of rotatable bonds is 4. The lowest BCUT2D eigenvalue weighted by atomic mass is 9.93. The summed E-state index contributed by atoms with van der Waals surface area (Å²) in [5, 5.41) is 0. The average molecular weight is 348 g/mol. The summed E-state index contributed by atoms with van der Waals surface area (Å²) < 4.78 is 10.3. The lowest BCUT2D eigenvalue weighted by molar-refractivity contribution is -0.118. The van der Waals surface area contributed by atoms with Crippen LogP contribution in [0.2, 0.25) is 0 Å². The second-order valence-electron chi connectivity index (χ2n) is 6.06. The Morgan fingerprint density at radius 2 is 1.38 bits per heavy atom. The van der Waals surface area contributed by atoms with Crippen LogP contribution in [0.25, 0.3) is 0 Å². The van der Waals surface area contributed by atoms with Crippen LogP contribution in [0.4, 0.5) is 5.69 Å². The molecule has 0 aliphatic heterocycles. The molecule has 0 fully saturated rings. The summed E-state index contributed by atoms with van der Waals surface area (Å²) in [4.78, 5) is 21.4. The van der Waals surface area contributed by atoms with Gasteiger partial charge in [0.2, 0.25) is 0 Å². The second kappa shape index (κ2) is 7.35. The quantitative estimate of drug-likeness (QED) is 0.779. The molecule has 0 N–H and O–H groups in total. The first-order valence-electron chi connectivity index (χ1n) is 8.21. The van der Waals surface area contributed by atoms with E-state index in [1.54, 1.807) is 12.2 Å². The minimum Gasteiger partial charge on any atom is -0.493 e. The van der Waals surface area contributed by atoms with Gasteiger partial charge < -0.3 is 9.47 Å². The number of aliphatic imine (C=N–C) groups is 2. The van der Waals surface area contributed by atoms with E-state index in [4.69, 9.17) is 14.5 Å². The summed E-state index contributed by atoms with van der Waals surface area (Å²) >= 11 is 0. The predicted octanol–water partition coefficient (Wildman–Crippen LogP) is 3.73. The summed E-state index contributed by atoms with van der Waals surface area (Å²) in [6, 6.07) is 9.76. The third-order valence-corrected chi connectivity index (χ3v) is 3.97. The zero-order valence-electron chi connectivity index (χ0n) is 15.0. The van der Waals surface area contributed by atoms with E-state index < -0.39 is 5.54 Å². The normalized spacial score (nSPS) is 18.2. The molecular weight excluding hydrogens is 328 g/mol. The van der Waals surface area contributed by atoms with Gasteiger partial charge in [0.05, 0.1) is 31.3 Å². The summed E-state index contributed by atoms with van der Waals surface area (Å²) in [6.07, 6.45) is 11.0. The highest BCUT2D eigenvalue weighted by Gasteiger charge is 2.32. The number of Topliss-reactive ketones (excluding diaryl/α,β-unsaturated/α-hetero) is 1. The van der Waals surface area contributed by atoms with Crippen LogP contribution in [-0.2, 0) is 14.3 Å². The number of hydrogen-bond donors (Lipinski definition) is 0. The molecule has 3 rings (SSSR count). The van der Waals surface area contributed by atoms with Gasteiger partial charge in [0, 0.05) is 0 Å². The first-order chi connectivity index (χ1) is 12.5. The minimum atomic E-state index is -0.733. The zero-order chi connectivity index (χ0) is 18.6. The highest BCUT2D eigenvalue weighted by molar-refractivity contribution is 6.19. The first kappa shape index (κ1) is 17.6. The number of ketones is 1. The fourth-order valence-electron chi connectivity index (χ4n) is 2.72. The van der Waals surface area contributed by atoms with Crippen molar-refractivity contribution in [3.05, 3.63) is 78.3 Å². The van der Waals surface area contributed by atoms with E-state index in [0.717, 1.165) is 17.1 Å². The molecule has 0 atom stereocenters. The van der Waals surface area contributed by atoms with Gasteiger partial charge in [0.15, 0.2) is 11.5 Å². The number of allylic oxidation sites excluding steroid dienone is 4. The zero-order valence-corrected chi connectivity index (χ0v) is 15.0. The number of carbonyl (C=O) groups is 1. The molecule has 0 radical (unpaired) electrons. The molecule has 0 unspecified atom stereocenters. The van der Waals surface area contributed by atoms with Crippen molar-refractivity contribution in [1.29, 1.82) is 0 Å². The van der Waals surface area contributed by atoms with Gasteiger partial charge in [-0.1, -0.05) is 18.2 Å². The summed E-state index contributed by atoms with van der Waals surface area (Å²) in [5.74, 6) is 0.178. The van der Waals surface area contributed by atoms with Crippen LogP contribution in [0.3, 0.4) is 0 Å². The standard InChI is InChI=1S/C21H20N2O3/c1-21(13-18(25-2)20(24)19(14-21)26-3)23-17-11-9-16(10-12-17)22-15-7-5-4-6-8-15/h4-14H,1-3H3. The van der Waals surface area contributed by atoms with Crippen molar-refractivity contribution in [1.82, 2.24) is 0 Å². The van der Waals surface area contributed by atoms with Crippen molar-refractivity contribution in [2.75, 3.05) is 14.2 Å². The first-order valence-corrected chi connectivity index (χ1v) is 8.21. The van der Waals surface area contributed by atoms with E-state index in [9.17, 15) is 4.79 Å². The van der Waals surface area contributed by atoms with E-state index in [2.05, 4.69) is 4.99 Å². The van der Waals surface area contributed by atoms with Crippen molar-refractivity contribution in [3.63, 3.8) is 0 Å². The molecule has 0 spiro atoms. The Morgan fingerprint density at radius 1 is 0.846 bits per heavy atom. The molecule has 0 saturated carbocycles. The van der Waals surface area contributed by atoms with Crippen LogP contribution < -0.4 is 0 Å².